The van der Waals surface area contributed by atoms with Crippen molar-refractivity contribution in [1.29, 1.82) is 0 Å². The number of anilines is 1. The summed E-state index contributed by atoms with van der Waals surface area (Å²) < 4.78 is 1.94. The Kier molecular flexibility index (Phi) is 5.06. The number of benzene rings is 2. The molecule has 6 heteroatoms. The molecule has 158 valence electrons. The summed E-state index contributed by atoms with van der Waals surface area (Å²) in [5.74, 6) is 0.439. The van der Waals surface area contributed by atoms with Crippen molar-refractivity contribution in [3.63, 3.8) is 0 Å². The predicted molar refractivity (Wildman–Crippen MR) is 124 cm³/mol. The quantitative estimate of drug-likeness (QED) is 0.609. The number of nitrogens with zero attached hydrogens (tertiary/aromatic N) is 2. The average molecular weight is 434 g/mol. The van der Waals surface area contributed by atoms with Gasteiger partial charge in [0.05, 0.1) is 0 Å². The highest BCUT2D eigenvalue weighted by atomic mass is 35.5. The monoisotopic (exact) mass is 433 g/mol. The zero-order valence-electron chi connectivity index (χ0n) is 17.3. The summed E-state index contributed by atoms with van der Waals surface area (Å²) in [6.45, 7) is 3.94. The van der Waals surface area contributed by atoms with Gasteiger partial charge in [0.15, 0.2) is 0 Å². The molecule has 2 unspecified atom stereocenters. The number of nitrogens with one attached hydrogen (secondary N) is 1. The highest BCUT2D eigenvalue weighted by molar-refractivity contribution is 6.30. The molecule has 2 aromatic carbocycles. The van der Waals surface area contributed by atoms with E-state index in [1.807, 2.05) is 46.7 Å². The number of carbonyl (C=O) groups excluding carboxylic acids is 1. The van der Waals surface area contributed by atoms with Crippen molar-refractivity contribution in [2.24, 2.45) is 5.92 Å². The number of carbonyl (C=O) groups is 1. The van der Waals surface area contributed by atoms with Crippen molar-refractivity contribution in [2.75, 3.05) is 18.4 Å². The summed E-state index contributed by atoms with van der Waals surface area (Å²) in [6.07, 6.45) is 1.01. The van der Waals surface area contributed by atoms with Gasteiger partial charge in [-0.1, -0.05) is 35.9 Å². The molecule has 3 heterocycles. The molecule has 2 aliphatic heterocycles. The molecule has 1 aromatic heterocycles. The summed E-state index contributed by atoms with van der Waals surface area (Å²) in [6, 6.07) is 19.0. The van der Waals surface area contributed by atoms with E-state index < -0.39 is 0 Å². The maximum absolute atomic E-state index is 13.3. The normalized spacial score (nSPS) is 19.6. The number of pyridine rings is 1. The van der Waals surface area contributed by atoms with Gasteiger partial charge < -0.3 is 14.8 Å². The van der Waals surface area contributed by atoms with Crippen LogP contribution in [0.1, 0.15) is 23.6 Å². The van der Waals surface area contributed by atoms with E-state index in [0.717, 1.165) is 34.5 Å². The van der Waals surface area contributed by atoms with Gasteiger partial charge in [0.2, 0.25) is 0 Å². The van der Waals surface area contributed by atoms with Gasteiger partial charge in [-0.2, -0.15) is 0 Å². The van der Waals surface area contributed by atoms with Crippen LogP contribution in [0, 0.1) is 12.8 Å². The highest BCUT2D eigenvalue weighted by Crippen LogP contribution is 2.36. The Hall–Kier alpha value is -3.05. The zero-order chi connectivity index (χ0) is 21.5. The molecular formula is C25H24ClN3O2. The molecule has 0 aliphatic carbocycles. The van der Waals surface area contributed by atoms with E-state index in [2.05, 4.69) is 11.4 Å². The smallest absolute Gasteiger partial charge is 0.321 e. The summed E-state index contributed by atoms with van der Waals surface area (Å²) in [5.41, 5.74) is 4.66. The first-order valence-electron chi connectivity index (χ1n) is 10.6. The van der Waals surface area contributed by atoms with Crippen molar-refractivity contribution < 1.29 is 4.79 Å². The number of fused-ring (bicyclic) bond motifs is 4. The predicted octanol–water partition coefficient (Wildman–Crippen LogP) is 5.13. The summed E-state index contributed by atoms with van der Waals surface area (Å²) in [7, 11) is 0. The second kappa shape index (κ2) is 7.89. The number of aryl methyl sites for hydroxylation is 1. The number of rotatable bonds is 2. The Morgan fingerprint density at radius 2 is 1.74 bits per heavy atom. The minimum Gasteiger partial charge on any atom is -0.324 e. The number of hydrogen-bond acceptors (Lipinski definition) is 2. The first-order valence-corrected chi connectivity index (χ1v) is 11.0. The molecule has 2 atom stereocenters. The molecule has 2 aliphatic rings. The molecule has 2 bridgehead atoms. The molecule has 5 rings (SSSR count). The van der Waals surface area contributed by atoms with Crippen LogP contribution in [0.15, 0.2) is 65.5 Å². The second-order valence-electron chi connectivity index (χ2n) is 8.54. The molecule has 31 heavy (non-hydrogen) atoms. The van der Waals surface area contributed by atoms with E-state index in [9.17, 15) is 9.59 Å². The van der Waals surface area contributed by atoms with Gasteiger partial charge in [-0.05, 0) is 66.8 Å². The van der Waals surface area contributed by atoms with Crippen LogP contribution in [-0.4, -0.2) is 28.6 Å². The highest BCUT2D eigenvalue weighted by Gasteiger charge is 2.36. The minimum absolute atomic E-state index is 0.0700. The third kappa shape index (κ3) is 3.74. The topological polar surface area (TPSA) is 54.3 Å². The van der Waals surface area contributed by atoms with Gasteiger partial charge in [-0.25, -0.2) is 4.79 Å². The lowest BCUT2D eigenvalue weighted by atomic mass is 9.83. The average Bonchev–Trinajstić information content (AvgIpc) is 2.76. The van der Waals surface area contributed by atoms with Gasteiger partial charge in [0, 0.05) is 47.5 Å². The zero-order valence-corrected chi connectivity index (χ0v) is 18.1. The Balaban J connectivity index is 1.40. The van der Waals surface area contributed by atoms with Crippen LogP contribution in [0.5, 0.6) is 0 Å². The summed E-state index contributed by atoms with van der Waals surface area (Å²) in [5, 5.41) is 3.60. The van der Waals surface area contributed by atoms with Crippen molar-refractivity contribution in [1.82, 2.24) is 9.47 Å². The lowest BCUT2D eigenvalue weighted by Gasteiger charge is -2.42. The number of halogens is 1. The standard InChI is InChI=1S/C25H24ClN3O2/c1-16-4-2-3-5-21(16)22-10-11-23-18-12-17(14-29(23)24(22)30)13-28(15-18)25(31)27-20-8-6-19(26)7-9-20/h2-11,17-18H,12-15H2,1H3,(H,27,31). The molecule has 2 amide bonds. The molecule has 0 saturated carbocycles. The third-order valence-corrected chi connectivity index (χ3v) is 6.67. The van der Waals surface area contributed by atoms with Crippen LogP contribution in [-0.2, 0) is 6.54 Å². The first kappa shape index (κ1) is 19.9. The number of piperidine rings is 1. The van der Waals surface area contributed by atoms with E-state index in [-0.39, 0.29) is 23.4 Å². The number of hydrogen-bond donors (Lipinski definition) is 1. The van der Waals surface area contributed by atoms with Crippen molar-refractivity contribution >= 4 is 23.3 Å². The molecule has 1 saturated heterocycles. The number of amides is 2. The fraction of sp³-hybridized carbons (Fsp3) is 0.280. The summed E-state index contributed by atoms with van der Waals surface area (Å²) >= 11 is 5.93. The van der Waals surface area contributed by atoms with Crippen LogP contribution in [0.2, 0.25) is 5.02 Å². The Labute approximate surface area is 186 Å². The summed E-state index contributed by atoms with van der Waals surface area (Å²) in [4.78, 5) is 28.1. The third-order valence-electron chi connectivity index (χ3n) is 6.42. The van der Waals surface area contributed by atoms with Crippen LogP contribution >= 0.6 is 11.6 Å². The van der Waals surface area contributed by atoms with Gasteiger partial charge in [0.1, 0.15) is 0 Å². The van der Waals surface area contributed by atoms with Gasteiger partial charge in [0.25, 0.3) is 5.56 Å². The minimum atomic E-state index is -0.107. The van der Waals surface area contributed by atoms with E-state index in [1.165, 1.54) is 0 Å². The van der Waals surface area contributed by atoms with E-state index in [1.54, 1.807) is 24.3 Å². The maximum Gasteiger partial charge on any atom is 0.321 e. The number of aromatic nitrogens is 1. The Bertz CT molecular complexity index is 1200. The van der Waals surface area contributed by atoms with Gasteiger partial charge >= 0.3 is 6.03 Å². The van der Waals surface area contributed by atoms with E-state index in [4.69, 9.17) is 11.6 Å². The second-order valence-corrected chi connectivity index (χ2v) is 8.98. The fourth-order valence-electron chi connectivity index (χ4n) is 4.93. The molecule has 1 fully saturated rings. The van der Waals surface area contributed by atoms with Crippen LogP contribution in [0.3, 0.4) is 0 Å². The fourth-order valence-corrected chi connectivity index (χ4v) is 5.05. The van der Waals surface area contributed by atoms with E-state index >= 15 is 0 Å². The SMILES string of the molecule is Cc1ccccc1-c1ccc2n(c1=O)CC1CC2CN(C(=O)Nc2ccc(Cl)cc2)C1. The van der Waals surface area contributed by atoms with Crippen LogP contribution in [0.25, 0.3) is 11.1 Å². The largest absolute Gasteiger partial charge is 0.324 e. The van der Waals surface area contributed by atoms with E-state index in [0.29, 0.717) is 24.7 Å². The molecule has 5 nitrogen and oxygen atoms in total. The van der Waals surface area contributed by atoms with Crippen LogP contribution < -0.4 is 10.9 Å². The van der Waals surface area contributed by atoms with Crippen LogP contribution in [0.4, 0.5) is 10.5 Å². The van der Waals surface area contributed by atoms with Gasteiger partial charge in [-0.3, -0.25) is 4.79 Å². The number of urea groups is 1. The molecule has 0 radical (unpaired) electrons. The molecule has 0 spiro atoms. The molecular weight excluding hydrogens is 410 g/mol. The lowest BCUT2D eigenvalue weighted by molar-refractivity contribution is 0.139. The molecule has 1 N–H and O–H groups in total. The Morgan fingerprint density at radius 1 is 0.968 bits per heavy atom. The van der Waals surface area contributed by atoms with Crippen molar-refractivity contribution in [3.8, 4) is 11.1 Å². The lowest BCUT2D eigenvalue weighted by Crippen LogP contribution is -2.50. The Morgan fingerprint density at radius 3 is 2.52 bits per heavy atom. The van der Waals surface area contributed by atoms with Crippen molar-refractivity contribution in [2.45, 2.75) is 25.8 Å². The molecule has 3 aromatic rings. The van der Waals surface area contributed by atoms with Gasteiger partial charge in [-0.15, -0.1) is 0 Å². The first-order chi connectivity index (χ1) is 15.0. The number of likely N-dealkylation sites (tertiary alicyclic amines) is 1. The van der Waals surface area contributed by atoms with Crippen molar-refractivity contribution in [3.05, 3.63) is 87.3 Å². The maximum atomic E-state index is 13.3.